The largest absolute Gasteiger partial charge is 0.486 e. The second-order valence-electron chi connectivity index (χ2n) is 6.95. The van der Waals surface area contributed by atoms with Crippen molar-refractivity contribution in [3.05, 3.63) is 53.0 Å². The van der Waals surface area contributed by atoms with Gasteiger partial charge >= 0.3 is 0 Å². The van der Waals surface area contributed by atoms with Gasteiger partial charge in [-0.05, 0) is 36.8 Å². The number of carbonyl (C=O) groups is 1. The van der Waals surface area contributed by atoms with Gasteiger partial charge in [-0.1, -0.05) is 13.8 Å². The van der Waals surface area contributed by atoms with Gasteiger partial charge in [0.2, 0.25) is 5.78 Å². The molecule has 0 amide bonds. The molecular formula is C21H22N2O4. The second kappa shape index (κ2) is 7.04. The van der Waals surface area contributed by atoms with Crippen LogP contribution in [0.4, 0.5) is 0 Å². The number of ketones is 1. The Bertz CT molecular complexity index is 1010. The second-order valence-corrected chi connectivity index (χ2v) is 6.95. The molecule has 0 spiro atoms. The van der Waals surface area contributed by atoms with E-state index in [4.69, 9.17) is 13.9 Å². The summed E-state index contributed by atoms with van der Waals surface area (Å²) < 4.78 is 17.0. The highest BCUT2D eigenvalue weighted by molar-refractivity contribution is 6.09. The van der Waals surface area contributed by atoms with Crippen LogP contribution in [0.25, 0.3) is 11.0 Å². The molecule has 2 aromatic heterocycles. The number of nitrogens with one attached hydrogen (secondary N) is 1. The van der Waals surface area contributed by atoms with Crippen LogP contribution in [-0.2, 0) is 6.54 Å². The van der Waals surface area contributed by atoms with E-state index in [0.717, 1.165) is 16.6 Å². The van der Waals surface area contributed by atoms with Crippen LogP contribution in [0.15, 0.2) is 34.9 Å². The van der Waals surface area contributed by atoms with Crippen molar-refractivity contribution in [2.45, 2.75) is 33.4 Å². The van der Waals surface area contributed by atoms with E-state index in [1.807, 2.05) is 13.1 Å². The van der Waals surface area contributed by atoms with Gasteiger partial charge in [0.05, 0.1) is 5.69 Å². The minimum atomic E-state index is -0.189. The number of furan rings is 1. The highest BCUT2D eigenvalue weighted by Crippen LogP contribution is 2.32. The van der Waals surface area contributed by atoms with Crippen molar-refractivity contribution in [2.24, 2.45) is 0 Å². The fraction of sp³-hybridized carbons (Fsp3) is 0.333. The number of carbonyl (C=O) groups excluding carboxylic acids is 1. The molecule has 6 nitrogen and oxygen atoms in total. The molecule has 0 aliphatic carbocycles. The zero-order valence-electron chi connectivity index (χ0n) is 15.7. The normalized spacial score (nSPS) is 13.3. The van der Waals surface area contributed by atoms with Crippen molar-refractivity contribution in [3.63, 3.8) is 0 Å². The molecule has 1 aromatic carbocycles. The van der Waals surface area contributed by atoms with Crippen LogP contribution < -0.4 is 14.8 Å². The fourth-order valence-corrected chi connectivity index (χ4v) is 3.09. The van der Waals surface area contributed by atoms with Gasteiger partial charge in [0.25, 0.3) is 0 Å². The highest BCUT2D eigenvalue weighted by atomic mass is 16.6. The summed E-state index contributed by atoms with van der Waals surface area (Å²) >= 11 is 0. The molecule has 140 valence electrons. The molecule has 1 N–H and O–H groups in total. The van der Waals surface area contributed by atoms with E-state index in [9.17, 15) is 4.79 Å². The van der Waals surface area contributed by atoms with Gasteiger partial charge in [-0.25, -0.2) is 0 Å². The molecular weight excluding hydrogens is 344 g/mol. The maximum atomic E-state index is 13.0. The predicted octanol–water partition coefficient (Wildman–Crippen LogP) is 3.64. The van der Waals surface area contributed by atoms with Gasteiger partial charge in [0, 0.05) is 29.7 Å². The Morgan fingerprint density at radius 3 is 2.74 bits per heavy atom. The number of fused-ring (bicyclic) bond motifs is 2. The van der Waals surface area contributed by atoms with Crippen LogP contribution >= 0.6 is 0 Å². The first kappa shape index (κ1) is 17.5. The lowest BCUT2D eigenvalue weighted by molar-refractivity contribution is 0.101. The van der Waals surface area contributed by atoms with E-state index in [0.29, 0.717) is 54.2 Å². The Labute approximate surface area is 157 Å². The molecule has 3 aromatic rings. The number of rotatable bonds is 5. The quantitative estimate of drug-likeness (QED) is 0.695. The Kier molecular flexibility index (Phi) is 4.58. The number of hydrogen-bond donors (Lipinski definition) is 1. The third kappa shape index (κ3) is 3.40. The molecule has 0 fully saturated rings. The van der Waals surface area contributed by atoms with Crippen molar-refractivity contribution in [3.8, 4) is 11.5 Å². The average molecular weight is 366 g/mol. The topological polar surface area (TPSA) is 73.6 Å². The smallest absolute Gasteiger partial charge is 0.228 e. The summed E-state index contributed by atoms with van der Waals surface area (Å²) in [5.74, 6) is 1.35. The predicted molar refractivity (Wildman–Crippen MR) is 102 cm³/mol. The third-order valence-corrected chi connectivity index (χ3v) is 4.55. The first-order valence-corrected chi connectivity index (χ1v) is 9.08. The van der Waals surface area contributed by atoms with Crippen LogP contribution in [0.1, 0.15) is 41.2 Å². The van der Waals surface area contributed by atoms with Crippen molar-refractivity contribution in [2.75, 3.05) is 13.2 Å². The Balaban J connectivity index is 1.70. The van der Waals surface area contributed by atoms with Gasteiger partial charge in [0.15, 0.2) is 22.8 Å². The summed E-state index contributed by atoms with van der Waals surface area (Å²) in [4.78, 5) is 17.4. The monoisotopic (exact) mass is 366 g/mol. The van der Waals surface area contributed by atoms with Crippen molar-refractivity contribution >= 4 is 16.8 Å². The summed E-state index contributed by atoms with van der Waals surface area (Å²) in [7, 11) is 0. The van der Waals surface area contributed by atoms with Crippen LogP contribution in [0.3, 0.4) is 0 Å². The summed E-state index contributed by atoms with van der Waals surface area (Å²) in [6, 6.07) is 7.36. The maximum absolute atomic E-state index is 13.0. The standard InChI is InChI=1S/C21H22N2O4/c1-12(2)22-10-15-11-23-13(3)21-16(15)9-19(27-21)20(24)14-4-5-17-18(8-14)26-7-6-25-17/h4-5,8-9,11-12,22H,6-7,10H2,1-3H3. The lowest BCUT2D eigenvalue weighted by atomic mass is 10.1. The molecule has 0 unspecified atom stereocenters. The van der Waals surface area contributed by atoms with Gasteiger partial charge in [0.1, 0.15) is 13.2 Å². The molecule has 4 rings (SSSR count). The van der Waals surface area contributed by atoms with E-state index >= 15 is 0 Å². The molecule has 0 atom stereocenters. The molecule has 0 saturated heterocycles. The van der Waals surface area contributed by atoms with E-state index in [1.54, 1.807) is 24.3 Å². The van der Waals surface area contributed by atoms with Gasteiger partial charge < -0.3 is 19.2 Å². The zero-order chi connectivity index (χ0) is 19.0. The van der Waals surface area contributed by atoms with Crippen LogP contribution in [0, 0.1) is 6.92 Å². The van der Waals surface area contributed by atoms with Crippen LogP contribution in [0.5, 0.6) is 11.5 Å². The average Bonchev–Trinajstić information content (AvgIpc) is 3.13. The van der Waals surface area contributed by atoms with Crippen molar-refractivity contribution < 1.29 is 18.7 Å². The van der Waals surface area contributed by atoms with Crippen molar-refractivity contribution in [1.82, 2.24) is 10.3 Å². The van der Waals surface area contributed by atoms with E-state index in [1.165, 1.54) is 0 Å². The number of aryl methyl sites for hydroxylation is 1. The highest BCUT2D eigenvalue weighted by Gasteiger charge is 2.20. The van der Waals surface area contributed by atoms with Crippen LogP contribution in [-0.4, -0.2) is 30.0 Å². The molecule has 1 aliphatic rings. The minimum Gasteiger partial charge on any atom is -0.486 e. The fourth-order valence-electron chi connectivity index (χ4n) is 3.09. The number of aromatic nitrogens is 1. The van der Waals surface area contributed by atoms with E-state index in [-0.39, 0.29) is 5.78 Å². The Morgan fingerprint density at radius 1 is 1.19 bits per heavy atom. The lowest BCUT2D eigenvalue weighted by Gasteiger charge is -2.18. The Hall–Kier alpha value is -2.86. The molecule has 0 radical (unpaired) electrons. The SMILES string of the molecule is Cc1ncc(CNC(C)C)c2cc(C(=O)c3ccc4c(c3)OCCO4)oc12. The van der Waals surface area contributed by atoms with E-state index < -0.39 is 0 Å². The van der Waals surface area contributed by atoms with Gasteiger partial charge in [-0.15, -0.1) is 0 Å². The number of nitrogens with zero attached hydrogens (tertiary/aromatic N) is 1. The maximum Gasteiger partial charge on any atom is 0.228 e. The molecule has 3 heterocycles. The lowest BCUT2D eigenvalue weighted by Crippen LogP contribution is -2.22. The first-order chi connectivity index (χ1) is 13.0. The van der Waals surface area contributed by atoms with Gasteiger partial charge in [-0.3, -0.25) is 9.78 Å². The van der Waals surface area contributed by atoms with Gasteiger partial charge in [-0.2, -0.15) is 0 Å². The Morgan fingerprint density at radius 2 is 1.96 bits per heavy atom. The summed E-state index contributed by atoms with van der Waals surface area (Å²) in [5.41, 5.74) is 2.93. The summed E-state index contributed by atoms with van der Waals surface area (Å²) in [6.07, 6.45) is 1.83. The number of pyridine rings is 1. The first-order valence-electron chi connectivity index (χ1n) is 9.08. The molecule has 27 heavy (non-hydrogen) atoms. The number of ether oxygens (including phenoxy) is 2. The molecule has 0 saturated carbocycles. The third-order valence-electron chi connectivity index (χ3n) is 4.55. The summed E-state index contributed by atoms with van der Waals surface area (Å²) in [6.45, 7) is 7.72. The number of benzene rings is 1. The minimum absolute atomic E-state index is 0.189. The molecule has 0 bridgehead atoms. The molecule has 6 heteroatoms. The number of hydrogen-bond acceptors (Lipinski definition) is 6. The molecule has 1 aliphatic heterocycles. The van der Waals surface area contributed by atoms with E-state index in [2.05, 4.69) is 24.1 Å². The summed E-state index contributed by atoms with van der Waals surface area (Å²) in [5, 5.41) is 4.29. The van der Waals surface area contributed by atoms with Crippen LogP contribution in [0.2, 0.25) is 0 Å². The zero-order valence-corrected chi connectivity index (χ0v) is 15.7. The van der Waals surface area contributed by atoms with Crippen molar-refractivity contribution in [1.29, 1.82) is 0 Å².